The van der Waals surface area contributed by atoms with Crippen molar-refractivity contribution in [3.63, 3.8) is 0 Å². The highest BCUT2D eigenvalue weighted by atomic mass is 16.4. The Morgan fingerprint density at radius 3 is 2.30 bits per heavy atom. The molecule has 1 fully saturated rings. The Morgan fingerprint density at radius 1 is 0.909 bits per heavy atom. The summed E-state index contributed by atoms with van der Waals surface area (Å²) in [6.07, 6.45) is 4.35. The van der Waals surface area contributed by atoms with Gasteiger partial charge in [0.2, 0.25) is 5.91 Å². The number of rotatable bonds is 5. The number of hydrogen-bond acceptors (Lipinski definition) is 4. The van der Waals surface area contributed by atoms with E-state index < -0.39 is 17.8 Å². The van der Waals surface area contributed by atoms with Crippen LogP contribution in [0.3, 0.4) is 0 Å². The Labute approximate surface area is 193 Å². The van der Waals surface area contributed by atoms with E-state index in [1.54, 1.807) is 35.2 Å². The normalized spacial score (nSPS) is 20.4. The van der Waals surface area contributed by atoms with Crippen molar-refractivity contribution in [2.45, 2.75) is 19.8 Å². The minimum absolute atomic E-state index is 0.131. The van der Waals surface area contributed by atoms with Gasteiger partial charge in [-0.05, 0) is 49.6 Å². The van der Waals surface area contributed by atoms with Crippen molar-refractivity contribution < 1.29 is 19.5 Å². The summed E-state index contributed by atoms with van der Waals surface area (Å²) in [6, 6.07) is 15.3. The summed E-state index contributed by atoms with van der Waals surface area (Å²) in [5.41, 5.74) is 3.21. The number of anilines is 2. The number of nitrogens with zero attached hydrogens (tertiary/aromatic N) is 2. The highest BCUT2D eigenvalue weighted by Crippen LogP contribution is 2.28. The van der Waals surface area contributed by atoms with Crippen molar-refractivity contribution >= 4 is 29.2 Å². The third-order valence-electron chi connectivity index (χ3n) is 6.44. The fourth-order valence-electron chi connectivity index (χ4n) is 4.54. The zero-order valence-electron chi connectivity index (χ0n) is 18.7. The predicted molar refractivity (Wildman–Crippen MR) is 127 cm³/mol. The van der Waals surface area contributed by atoms with Crippen molar-refractivity contribution in [2.75, 3.05) is 36.4 Å². The summed E-state index contributed by atoms with van der Waals surface area (Å²) >= 11 is 0. The maximum absolute atomic E-state index is 13.3. The molecule has 0 radical (unpaired) electrons. The number of carbonyl (C=O) groups excluding carboxylic acids is 2. The molecule has 0 spiro atoms. The lowest BCUT2D eigenvalue weighted by Crippen LogP contribution is -2.49. The molecule has 0 unspecified atom stereocenters. The van der Waals surface area contributed by atoms with Gasteiger partial charge in [0.1, 0.15) is 0 Å². The number of carbonyl (C=O) groups is 3. The van der Waals surface area contributed by atoms with Gasteiger partial charge in [0.05, 0.1) is 23.1 Å². The van der Waals surface area contributed by atoms with Gasteiger partial charge in [0.15, 0.2) is 0 Å². The molecule has 7 heteroatoms. The number of nitrogens with one attached hydrogen (secondary N) is 1. The topological polar surface area (TPSA) is 90.0 Å². The molecule has 4 rings (SSSR count). The second-order valence-corrected chi connectivity index (χ2v) is 8.65. The van der Waals surface area contributed by atoms with Gasteiger partial charge in [-0.25, -0.2) is 0 Å². The molecule has 1 aliphatic carbocycles. The summed E-state index contributed by atoms with van der Waals surface area (Å²) in [5, 5.41) is 12.3. The molecule has 33 heavy (non-hydrogen) atoms. The number of carboxylic acids is 1. The van der Waals surface area contributed by atoms with Gasteiger partial charge in [0.25, 0.3) is 5.91 Å². The number of aryl methyl sites for hydroxylation is 1. The van der Waals surface area contributed by atoms with Crippen LogP contribution in [0.25, 0.3) is 0 Å². The van der Waals surface area contributed by atoms with Crippen molar-refractivity contribution in [3.05, 3.63) is 71.8 Å². The Morgan fingerprint density at radius 2 is 1.61 bits per heavy atom. The Kier molecular flexibility index (Phi) is 6.77. The molecule has 172 valence electrons. The van der Waals surface area contributed by atoms with E-state index in [9.17, 15) is 19.5 Å². The summed E-state index contributed by atoms with van der Waals surface area (Å²) in [4.78, 5) is 41.9. The first-order valence-corrected chi connectivity index (χ1v) is 11.3. The van der Waals surface area contributed by atoms with E-state index in [0.717, 1.165) is 18.8 Å². The molecule has 2 N–H and O–H groups in total. The second kappa shape index (κ2) is 9.90. The molecule has 2 aromatic rings. The zero-order chi connectivity index (χ0) is 23.4. The Bertz CT molecular complexity index is 1070. The smallest absolute Gasteiger partial charge is 0.307 e. The van der Waals surface area contributed by atoms with Gasteiger partial charge in [0, 0.05) is 31.9 Å². The van der Waals surface area contributed by atoms with Crippen LogP contribution in [0.1, 0.15) is 28.8 Å². The Balaban J connectivity index is 1.44. The number of piperazine rings is 1. The largest absolute Gasteiger partial charge is 0.481 e. The number of amides is 2. The van der Waals surface area contributed by atoms with Crippen LogP contribution in [0.15, 0.2) is 60.7 Å². The maximum atomic E-state index is 13.3. The molecule has 1 saturated heterocycles. The molecule has 0 saturated carbocycles. The van der Waals surface area contributed by atoms with Gasteiger partial charge in [-0.15, -0.1) is 0 Å². The van der Waals surface area contributed by atoms with Gasteiger partial charge in [-0.1, -0.05) is 36.4 Å². The van der Waals surface area contributed by atoms with E-state index in [1.807, 2.05) is 12.1 Å². The first-order chi connectivity index (χ1) is 15.9. The number of carboxylic acid groups (broad SMARTS) is 1. The summed E-state index contributed by atoms with van der Waals surface area (Å²) < 4.78 is 0. The van der Waals surface area contributed by atoms with E-state index in [-0.39, 0.29) is 11.8 Å². The summed E-state index contributed by atoms with van der Waals surface area (Å²) in [7, 11) is 0. The molecular weight excluding hydrogens is 418 g/mol. The Hall–Kier alpha value is -3.61. The molecule has 7 nitrogen and oxygen atoms in total. The lowest BCUT2D eigenvalue weighted by atomic mass is 9.82. The predicted octanol–water partition coefficient (Wildman–Crippen LogP) is 3.56. The molecule has 0 aromatic heterocycles. The first-order valence-electron chi connectivity index (χ1n) is 11.3. The van der Waals surface area contributed by atoms with E-state index in [2.05, 4.69) is 35.3 Å². The van der Waals surface area contributed by atoms with Crippen LogP contribution in [0.2, 0.25) is 0 Å². The molecular formula is C26H29N3O4. The molecule has 2 aromatic carbocycles. The molecule has 2 aliphatic rings. The fraction of sp³-hybridized carbons (Fsp3) is 0.346. The number of allylic oxidation sites excluding steroid dienone is 2. The minimum Gasteiger partial charge on any atom is -0.481 e. The van der Waals surface area contributed by atoms with Gasteiger partial charge >= 0.3 is 5.97 Å². The van der Waals surface area contributed by atoms with Crippen molar-refractivity contribution in [3.8, 4) is 0 Å². The van der Waals surface area contributed by atoms with Crippen LogP contribution < -0.4 is 10.2 Å². The van der Waals surface area contributed by atoms with E-state index >= 15 is 0 Å². The van der Waals surface area contributed by atoms with Crippen molar-refractivity contribution in [2.24, 2.45) is 11.8 Å². The average molecular weight is 448 g/mol. The zero-order valence-corrected chi connectivity index (χ0v) is 18.7. The van der Waals surface area contributed by atoms with E-state index in [1.165, 1.54) is 5.56 Å². The molecule has 0 bridgehead atoms. The van der Waals surface area contributed by atoms with Gasteiger partial charge in [-0.2, -0.15) is 0 Å². The quantitative estimate of drug-likeness (QED) is 0.684. The maximum Gasteiger partial charge on any atom is 0.307 e. The fourth-order valence-corrected chi connectivity index (χ4v) is 4.54. The van der Waals surface area contributed by atoms with Crippen LogP contribution >= 0.6 is 0 Å². The summed E-state index contributed by atoms with van der Waals surface area (Å²) in [5.74, 6) is -2.89. The van der Waals surface area contributed by atoms with Crippen molar-refractivity contribution in [1.82, 2.24) is 4.90 Å². The number of benzene rings is 2. The average Bonchev–Trinajstić information content (AvgIpc) is 2.84. The van der Waals surface area contributed by atoms with Crippen LogP contribution in [-0.4, -0.2) is 54.0 Å². The van der Waals surface area contributed by atoms with Crippen LogP contribution in [0.5, 0.6) is 0 Å². The standard InChI is InChI=1S/C26H29N3O4/c1-18-7-6-8-19(17-18)28-13-15-29(16-14-28)25(31)22-11-4-5-12-23(22)27-24(30)20-9-2-3-10-21(20)26(32)33/h2-8,11-12,17,20-21H,9-10,13-16H2,1H3,(H,27,30)(H,32,33)/t20-,21+/m1/s1. The van der Waals surface area contributed by atoms with Crippen LogP contribution in [0, 0.1) is 18.8 Å². The molecule has 2 atom stereocenters. The number of para-hydroxylation sites is 1. The highest BCUT2D eigenvalue weighted by Gasteiger charge is 2.34. The van der Waals surface area contributed by atoms with E-state index in [0.29, 0.717) is 37.2 Å². The number of aliphatic carboxylic acids is 1. The second-order valence-electron chi connectivity index (χ2n) is 8.65. The first kappa shape index (κ1) is 22.6. The third-order valence-corrected chi connectivity index (χ3v) is 6.44. The minimum atomic E-state index is -0.977. The van der Waals surface area contributed by atoms with Crippen LogP contribution in [0.4, 0.5) is 11.4 Å². The molecule has 1 heterocycles. The van der Waals surface area contributed by atoms with Gasteiger partial charge in [-0.3, -0.25) is 14.4 Å². The monoisotopic (exact) mass is 447 g/mol. The summed E-state index contributed by atoms with van der Waals surface area (Å²) in [6.45, 7) is 4.71. The SMILES string of the molecule is Cc1cccc(N2CCN(C(=O)c3ccccc3NC(=O)[C@@H]3CC=CC[C@@H]3C(=O)O)CC2)c1. The highest BCUT2D eigenvalue weighted by molar-refractivity contribution is 6.04. The lowest BCUT2D eigenvalue weighted by molar-refractivity contribution is -0.146. The van der Waals surface area contributed by atoms with Crippen molar-refractivity contribution in [1.29, 1.82) is 0 Å². The lowest BCUT2D eigenvalue weighted by Gasteiger charge is -2.36. The number of hydrogen-bond donors (Lipinski definition) is 2. The molecule has 2 amide bonds. The van der Waals surface area contributed by atoms with Gasteiger partial charge < -0.3 is 20.2 Å². The third kappa shape index (κ3) is 5.08. The van der Waals surface area contributed by atoms with E-state index in [4.69, 9.17) is 0 Å². The molecule has 1 aliphatic heterocycles. The van der Waals surface area contributed by atoms with Crippen LogP contribution in [-0.2, 0) is 9.59 Å².